The zero-order valence-electron chi connectivity index (χ0n) is 12.1. The van der Waals surface area contributed by atoms with Gasteiger partial charge in [0.2, 0.25) is 5.91 Å². The lowest BCUT2D eigenvalue weighted by molar-refractivity contribution is -0.124. The largest absolute Gasteiger partial charge is 0.395 e. The van der Waals surface area contributed by atoms with E-state index >= 15 is 0 Å². The molecule has 0 atom stereocenters. The molecule has 108 valence electrons. The monoisotopic (exact) mass is 293 g/mol. The molecule has 0 bridgehead atoms. The summed E-state index contributed by atoms with van der Waals surface area (Å²) in [5, 5.41) is 12.2. The average Bonchev–Trinajstić information content (AvgIpc) is 2.41. The van der Waals surface area contributed by atoms with Crippen LogP contribution in [0.25, 0.3) is 0 Å². The smallest absolute Gasteiger partial charge is 0.230 e. The van der Waals surface area contributed by atoms with E-state index in [-0.39, 0.29) is 12.5 Å². The number of nitrogens with one attached hydrogen (secondary N) is 1. The molecular formula is C16H20ClNO2. The fraction of sp³-hybridized carbons (Fsp3) is 0.438. The second kappa shape index (κ2) is 7.33. The van der Waals surface area contributed by atoms with Gasteiger partial charge in [0.15, 0.2) is 0 Å². The second-order valence-corrected chi connectivity index (χ2v) is 5.59. The summed E-state index contributed by atoms with van der Waals surface area (Å²) in [5.74, 6) is 5.71. The third-order valence-corrected chi connectivity index (χ3v) is 3.42. The average molecular weight is 294 g/mol. The van der Waals surface area contributed by atoms with E-state index in [2.05, 4.69) is 17.2 Å². The normalized spacial score (nSPS) is 10.7. The number of hydrogen-bond donors (Lipinski definition) is 2. The fourth-order valence-corrected chi connectivity index (χ4v) is 1.57. The van der Waals surface area contributed by atoms with Gasteiger partial charge in [-0.25, -0.2) is 0 Å². The van der Waals surface area contributed by atoms with E-state index in [1.165, 1.54) is 0 Å². The molecule has 1 aromatic rings. The first kappa shape index (κ1) is 16.6. The Morgan fingerprint density at radius 2 is 2.15 bits per heavy atom. The lowest BCUT2D eigenvalue weighted by Crippen LogP contribution is -2.30. The summed E-state index contributed by atoms with van der Waals surface area (Å²) in [7, 11) is 0. The van der Waals surface area contributed by atoms with Crippen LogP contribution in [0.2, 0.25) is 5.02 Å². The van der Waals surface area contributed by atoms with E-state index < -0.39 is 5.41 Å². The molecule has 1 rings (SSSR count). The molecule has 3 nitrogen and oxygen atoms in total. The quantitative estimate of drug-likeness (QED) is 0.835. The van der Waals surface area contributed by atoms with Crippen molar-refractivity contribution in [2.45, 2.75) is 33.6 Å². The minimum Gasteiger partial charge on any atom is -0.395 e. The molecule has 0 radical (unpaired) electrons. The number of halogens is 1. The molecule has 20 heavy (non-hydrogen) atoms. The Kier molecular flexibility index (Phi) is 6.06. The lowest BCUT2D eigenvalue weighted by Gasteiger charge is -2.22. The maximum Gasteiger partial charge on any atom is 0.230 e. The first-order valence-corrected chi connectivity index (χ1v) is 6.99. The molecule has 0 saturated heterocycles. The highest BCUT2D eigenvalue weighted by molar-refractivity contribution is 6.31. The number of benzene rings is 1. The summed E-state index contributed by atoms with van der Waals surface area (Å²) in [6, 6.07) is 5.18. The van der Waals surface area contributed by atoms with Gasteiger partial charge in [-0.05, 0) is 24.6 Å². The van der Waals surface area contributed by atoms with E-state index in [4.69, 9.17) is 16.7 Å². The Morgan fingerprint density at radius 1 is 1.45 bits per heavy atom. The number of hydrogen-bond acceptors (Lipinski definition) is 2. The summed E-state index contributed by atoms with van der Waals surface area (Å²) >= 11 is 5.97. The summed E-state index contributed by atoms with van der Waals surface area (Å²) in [6.07, 6.45) is 1.14. The lowest BCUT2D eigenvalue weighted by atomic mass is 9.89. The number of aliphatic hydroxyl groups excluding tert-OH is 1. The molecule has 0 spiro atoms. The molecule has 0 fully saturated rings. The Morgan fingerprint density at radius 3 is 2.75 bits per heavy atom. The molecule has 1 aromatic carbocycles. The second-order valence-electron chi connectivity index (χ2n) is 5.16. The molecule has 2 N–H and O–H groups in total. The Balaban J connectivity index is 3.02. The number of carbonyl (C=O) groups excluding carboxylic acids is 1. The van der Waals surface area contributed by atoms with Crippen molar-refractivity contribution in [3.8, 4) is 11.8 Å². The molecule has 1 amide bonds. The van der Waals surface area contributed by atoms with Crippen LogP contribution < -0.4 is 5.32 Å². The standard InChI is InChI=1S/C16H20ClNO2/c1-4-16(2,3)15(20)18-14-11-13(17)9-8-12(14)7-5-6-10-19/h8-9,11,19H,4,6,10H2,1-3H3,(H,18,20). The van der Waals surface area contributed by atoms with Crippen LogP contribution in [-0.4, -0.2) is 17.6 Å². The van der Waals surface area contributed by atoms with Gasteiger partial charge in [0.25, 0.3) is 0 Å². The van der Waals surface area contributed by atoms with Gasteiger partial charge in [-0.15, -0.1) is 0 Å². The van der Waals surface area contributed by atoms with E-state index in [9.17, 15) is 4.79 Å². The number of amides is 1. The van der Waals surface area contributed by atoms with Gasteiger partial charge in [0, 0.05) is 22.4 Å². The SMILES string of the molecule is CCC(C)(C)C(=O)Nc1cc(Cl)ccc1C#CCCO. The van der Waals surface area contributed by atoms with E-state index in [1.807, 2.05) is 20.8 Å². The van der Waals surface area contributed by atoms with Gasteiger partial charge in [-0.3, -0.25) is 4.79 Å². The summed E-state index contributed by atoms with van der Waals surface area (Å²) in [5.41, 5.74) is 0.857. The van der Waals surface area contributed by atoms with Crippen molar-refractivity contribution in [2.75, 3.05) is 11.9 Å². The van der Waals surface area contributed by atoms with Crippen molar-refractivity contribution in [3.05, 3.63) is 28.8 Å². The summed E-state index contributed by atoms with van der Waals surface area (Å²) < 4.78 is 0. The Hall–Kier alpha value is -1.50. The first-order chi connectivity index (χ1) is 9.40. The Labute approximate surface area is 125 Å². The van der Waals surface area contributed by atoms with Crippen LogP contribution in [0.4, 0.5) is 5.69 Å². The van der Waals surface area contributed by atoms with E-state index in [0.717, 1.165) is 6.42 Å². The van der Waals surface area contributed by atoms with E-state index in [1.54, 1.807) is 18.2 Å². The fourth-order valence-electron chi connectivity index (χ4n) is 1.39. The third-order valence-electron chi connectivity index (χ3n) is 3.19. The van der Waals surface area contributed by atoms with Gasteiger partial charge >= 0.3 is 0 Å². The van der Waals surface area contributed by atoms with Crippen molar-refractivity contribution in [3.63, 3.8) is 0 Å². The predicted octanol–water partition coefficient (Wildman–Crippen LogP) is 3.45. The number of rotatable bonds is 4. The van der Waals surface area contributed by atoms with Crippen LogP contribution in [0.1, 0.15) is 39.2 Å². The van der Waals surface area contributed by atoms with Crippen LogP contribution in [0.3, 0.4) is 0 Å². The van der Waals surface area contributed by atoms with Crippen molar-refractivity contribution >= 4 is 23.2 Å². The minimum absolute atomic E-state index is 0.0190. The van der Waals surface area contributed by atoms with Crippen molar-refractivity contribution in [2.24, 2.45) is 5.41 Å². The van der Waals surface area contributed by atoms with E-state index in [0.29, 0.717) is 22.7 Å². The maximum absolute atomic E-state index is 12.2. The maximum atomic E-state index is 12.2. The molecular weight excluding hydrogens is 274 g/mol. The number of anilines is 1. The Bertz CT molecular complexity index is 541. The zero-order chi connectivity index (χ0) is 15.2. The molecule has 0 saturated carbocycles. The first-order valence-electron chi connectivity index (χ1n) is 6.61. The third kappa shape index (κ3) is 4.56. The summed E-state index contributed by atoms with van der Waals surface area (Å²) in [6.45, 7) is 5.78. The van der Waals surface area contributed by atoms with Gasteiger partial charge in [0.1, 0.15) is 0 Å². The van der Waals surface area contributed by atoms with Crippen LogP contribution >= 0.6 is 11.6 Å². The topological polar surface area (TPSA) is 49.3 Å². The molecule has 0 aliphatic carbocycles. The highest BCUT2D eigenvalue weighted by atomic mass is 35.5. The van der Waals surface area contributed by atoms with Crippen LogP contribution in [0, 0.1) is 17.3 Å². The van der Waals surface area contributed by atoms with Gasteiger partial charge < -0.3 is 10.4 Å². The molecule has 0 heterocycles. The zero-order valence-corrected chi connectivity index (χ0v) is 12.8. The van der Waals surface area contributed by atoms with Crippen molar-refractivity contribution in [1.29, 1.82) is 0 Å². The van der Waals surface area contributed by atoms with Crippen molar-refractivity contribution < 1.29 is 9.90 Å². The number of carbonyl (C=O) groups is 1. The van der Waals surface area contributed by atoms with Crippen molar-refractivity contribution in [1.82, 2.24) is 0 Å². The van der Waals surface area contributed by atoms with Crippen LogP contribution in [0.15, 0.2) is 18.2 Å². The predicted molar refractivity (Wildman–Crippen MR) is 82.7 cm³/mol. The van der Waals surface area contributed by atoms with Gasteiger partial charge in [-0.1, -0.05) is 44.2 Å². The van der Waals surface area contributed by atoms with Gasteiger partial charge in [0.05, 0.1) is 12.3 Å². The van der Waals surface area contributed by atoms with Crippen LogP contribution in [0.5, 0.6) is 0 Å². The highest BCUT2D eigenvalue weighted by Crippen LogP contribution is 2.25. The van der Waals surface area contributed by atoms with Crippen LogP contribution in [-0.2, 0) is 4.79 Å². The molecule has 0 aliphatic rings. The highest BCUT2D eigenvalue weighted by Gasteiger charge is 2.25. The van der Waals surface area contributed by atoms with Gasteiger partial charge in [-0.2, -0.15) is 0 Å². The molecule has 4 heteroatoms. The molecule has 0 aliphatic heterocycles. The number of aliphatic hydroxyl groups is 1. The minimum atomic E-state index is -0.446. The molecule has 0 aromatic heterocycles. The molecule has 0 unspecified atom stereocenters. The summed E-state index contributed by atoms with van der Waals surface area (Å²) in [4.78, 5) is 12.2.